The molecule has 0 radical (unpaired) electrons. The molecule has 2 heterocycles. The van der Waals surface area contributed by atoms with Crippen LogP contribution in [-0.4, -0.2) is 50.1 Å². The van der Waals surface area contributed by atoms with E-state index in [0.29, 0.717) is 17.9 Å². The van der Waals surface area contributed by atoms with Gasteiger partial charge in [0, 0.05) is 24.0 Å². The van der Waals surface area contributed by atoms with Crippen LogP contribution >= 0.6 is 11.8 Å². The lowest BCUT2D eigenvalue weighted by Gasteiger charge is -2.31. The van der Waals surface area contributed by atoms with Gasteiger partial charge < -0.3 is 10.6 Å². The minimum atomic E-state index is 0.0425. The predicted octanol–water partition coefficient (Wildman–Crippen LogP) is 2.52. The number of piperidine rings is 1. The standard InChI is InChI=1S/C20H22N6OS/c21-15-7-6-12-25(13-15)20(27)17-10-4-5-11-18(17)28-14-19-22-23-24-26(19)16-8-2-1-3-9-16/h1-5,8-11,15H,6-7,12-14,21H2. The van der Waals surface area contributed by atoms with Crippen LogP contribution in [0, 0.1) is 0 Å². The van der Waals surface area contributed by atoms with E-state index in [1.807, 2.05) is 59.5 Å². The van der Waals surface area contributed by atoms with Crippen LogP contribution in [0.15, 0.2) is 59.5 Å². The molecule has 3 aromatic rings. The number of aromatic nitrogens is 4. The van der Waals surface area contributed by atoms with Gasteiger partial charge >= 0.3 is 0 Å². The van der Waals surface area contributed by atoms with Crippen molar-refractivity contribution in [2.24, 2.45) is 5.73 Å². The average molecular weight is 395 g/mol. The number of hydrogen-bond donors (Lipinski definition) is 1. The number of carbonyl (C=O) groups is 1. The molecule has 8 heteroatoms. The molecule has 0 aliphatic carbocycles. The third kappa shape index (κ3) is 4.07. The van der Waals surface area contributed by atoms with Gasteiger partial charge in [0.1, 0.15) is 0 Å². The van der Waals surface area contributed by atoms with Crippen molar-refractivity contribution in [3.8, 4) is 5.69 Å². The van der Waals surface area contributed by atoms with E-state index in [-0.39, 0.29) is 11.9 Å². The highest BCUT2D eigenvalue weighted by molar-refractivity contribution is 7.98. The molecule has 2 aromatic carbocycles. The van der Waals surface area contributed by atoms with E-state index in [0.717, 1.165) is 35.8 Å². The van der Waals surface area contributed by atoms with Gasteiger partial charge in [0.05, 0.1) is 17.0 Å². The van der Waals surface area contributed by atoms with Crippen LogP contribution in [-0.2, 0) is 5.75 Å². The Labute approximate surface area is 167 Å². The van der Waals surface area contributed by atoms with Crippen LogP contribution in [0.3, 0.4) is 0 Å². The van der Waals surface area contributed by atoms with Crippen LogP contribution in [0.2, 0.25) is 0 Å². The van der Waals surface area contributed by atoms with Gasteiger partial charge in [-0.25, -0.2) is 0 Å². The number of nitrogens with two attached hydrogens (primary N) is 1. The monoisotopic (exact) mass is 394 g/mol. The lowest BCUT2D eigenvalue weighted by molar-refractivity contribution is 0.0705. The summed E-state index contributed by atoms with van der Waals surface area (Å²) in [6, 6.07) is 17.5. The number of para-hydroxylation sites is 1. The Morgan fingerprint density at radius 3 is 2.75 bits per heavy atom. The summed E-state index contributed by atoms with van der Waals surface area (Å²) in [5.41, 5.74) is 7.67. The normalized spacial score (nSPS) is 16.9. The number of tetrazole rings is 1. The van der Waals surface area contributed by atoms with Gasteiger partial charge in [-0.05, 0) is 47.5 Å². The Morgan fingerprint density at radius 1 is 1.14 bits per heavy atom. The molecule has 7 nitrogen and oxygen atoms in total. The summed E-state index contributed by atoms with van der Waals surface area (Å²) in [6.07, 6.45) is 1.93. The van der Waals surface area contributed by atoms with Crippen LogP contribution < -0.4 is 5.73 Å². The lowest BCUT2D eigenvalue weighted by Crippen LogP contribution is -2.45. The first-order valence-electron chi connectivity index (χ1n) is 9.32. The number of amides is 1. The lowest BCUT2D eigenvalue weighted by atomic mass is 10.1. The fraction of sp³-hybridized carbons (Fsp3) is 0.300. The zero-order chi connectivity index (χ0) is 19.3. The van der Waals surface area contributed by atoms with Gasteiger partial charge in [-0.3, -0.25) is 4.79 Å². The number of hydrogen-bond acceptors (Lipinski definition) is 6. The SMILES string of the molecule is NC1CCCN(C(=O)c2ccccc2SCc2nnnn2-c2ccccc2)C1. The molecular weight excluding hydrogens is 372 g/mol. The van der Waals surface area contributed by atoms with Crippen molar-refractivity contribution in [3.63, 3.8) is 0 Å². The van der Waals surface area contributed by atoms with E-state index in [2.05, 4.69) is 15.5 Å². The smallest absolute Gasteiger partial charge is 0.255 e. The number of benzene rings is 2. The van der Waals surface area contributed by atoms with E-state index in [4.69, 9.17) is 5.73 Å². The maximum Gasteiger partial charge on any atom is 0.255 e. The number of thioether (sulfide) groups is 1. The Bertz CT molecular complexity index is 945. The van der Waals surface area contributed by atoms with E-state index in [1.165, 1.54) is 0 Å². The minimum absolute atomic E-state index is 0.0425. The highest BCUT2D eigenvalue weighted by atomic mass is 32.2. The van der Waals surface area contributed by atoms with E-state index in [9.17, 15) is 4.79 Å². The molecule has 4 rings (SSSR count). The fourth-order valence-corrected chi connectivity index (χ4v) is 4.29. The fourth-order valence-electron chi connectivity index (χ4n) is 3.34. The van der Waals surface area contributed by atoms with Crippen molar-refractivity contribution >= 4 is 17.7 Å². The third-order valence-corrected chi connectivity index (χ3v) is 5.82. The maximum absolute atomic E-state index is 13.0. The third-order valence-electron chi connectivity index (χ3n) is 4.75. The summed E-state index contributed by atoms with van der Waals surface area (Å²) < 4.78 is 1.72. The van der Waals surface area contributed by atoms with Crippen molar-refractivity contribution in [1.82, 2.24) is 25.1 Å². The summed E-state index contributed by atoms with van der Waals surface area (Å²) in [5.74, 6) is 1.34. The molecule has 144 valence electrons. The molecule has 1 aliphatic rings. The number of carbonyl (C=O) groups excluding carboxylic acids is 1. The van der Waals surface area contributed by atoms with Gasteiger partial charge in [0.15, 0.2) is 5.82 Å². The average Bonchev–Trinajstić information content (AvgIpc) is 3.21. The van der Waals surface area contributed by atoms with Crippen LogP contribution in [0.5, 0.6) is 0 Å². The number of likely N-dealkylation sites (tertiary alicyclic amines) is 1. The zero-order valence-electron chi connectivity index (χ0n) is 15.4. The van der Waals surface area contributed by atoms with Crippen LogP contribution in [0.25, 0.3) is 5.69 Å². The van der Waals surface area contributed by atoms with Gasteiger partial charge in [-0.1, -0.05) is 30.3 Å². The van der Waals surface area contributed by atoms with Gasteiger partial charge in [-0.2, -0.15) is 4.68 Å². The summed E-state index contributed by atoms with van der Waals surface area (Å²) in [5, 5.41) is 12.1. The summed E-state index contributed by atoms with van der Waals surface area (Å²) >= 11 is 1.56. The highest BCUT2D eigenvalue weighted by Gasteiger charge is 2.24. The van der Waals surface area contributed by atoms with E-state index in [1.54, 1.807) is 16.4 Å². The largest absolute Gasteiger partial charge is 0.337 e. The first kappa shape index (κ1) is 18.6. The molecule has 1 amide bonds. The van der Waals surface area contributed by atoms with Gasteiger partial charge in [0.25, 0.3) is 5.91 Å². The highest BCUT2D eigenvalue weighted by Crippen LogP contribution is 2.27. The molecule has 28 heavy (non-hydrogen) atoms. The molecule has 1 aliphatic heterocycles. The van der Waals surface area contributed by atoms with E-state index < -0.39 is 0 Å². The molecule has 1 saturated heterocycles. The van der Waals surface area contributed by atoms with Crippen molar-refractivity contribution in [2.75, 3.05) is 13.1 Å². The molecule has 1 atom stereocenters. The second-order valence-electron chi connectivity index (χ2n) is 6.78. The molecular formula is C20H22N6OS. The summed E-state index contributed by atoms with van der Waals surface area (Å²) in [7, 11) is 0. The summed E-state index contributed by atoms with van der Waals surface area (Å²) in [4.78, 5) is 15.8. The van der Waals surface area contributed by atoms with Crippen molar-refractivity contribution in [3.05, 3.63) is 66.0 Å². The molecule has 1 unspecified atom stereocenters. The maximum atomic E-state index is 13.0. The summed E-state index contributed by atoms with van der Waals surface area (Å²) in [6.45, 7) is 1.38. The van der Waals surface area contributed by atoms with Crippen LogP contribution in [0.1, 0.15) is 29.0 Å². The van der Waals surface area contributed by atoms with E-state index >= 15 is 0 Å². The molecule has 1 fully saturated rings. The predicted molar refractivity (Wildman–Crippen MR) is 108 cm³/mol. The number of nitrogens with zero attached hydrogens (tertiary/aromatic N) is 5. The minimum Gasteiger partial charge on any atom is -0.337 e. The second-order valence-corrected chi connectivity index (χ2v) is 7.80. The van der Waals surface area contributed by atoms with Gasteiger partial charge in [0.2, 0.25) is 0 Å². The van der Waals surface area contributed by atoms with Crippen molar-refractivity contribution < 1.29 is 4.79 Å². The van der Waals surface area contributed by atoms with Crippen LogP contribution in [0.4, 0.5) is 0 Å². The number of rotatable bonds is 5. The molecule has 0 bridgehead atoms. The van der Waals surface area contributed by atoms with Crippen molar-refractivity contribution in [1.29, 1.82) is 0 Å². The Kier molecular flexibility index (Phi) is 5.68. The van der Waals surface area contributed by atoms with Gasteiger partial charge in [-0.15, -0.1) is 16.9 Å². The zero-order valence-corrected chi connectivity index (χ0v) is 16.3. The quantitative estimate of drug-likeness (QED) is 0.669. The Balaban J connectivity index is 1.51. The molecule has 1 aromatic heterocycles. The molecule has 2 N–H and O–H groups in total. The topological polar surface area (TPSA) is 89.9 Å². The Morgan fingerprint density at radius 2 is 1.93 bits per heavy atom. The van der Waals surface area contributed by atoms with Crippen molar-refractivity contribution in [2.45, 2.75) is 29.5 Å². The Hall–Kier alpha value is -2.71. The first-order valence-corrected chi connectivity index (χ1v) is 10.3. The second kappa shape index (κ2) is 8.53. The first-order chi connectivity index (χ1) is 13.7. The molecule has 0 saturated carbocycles. The molecule has 0 spiro atoms.